The van der Waals surface area contributed by atoms with Crippen LogP contribution in [0.4, 0.5) is 10.1 Å². The normalized spacial score (nSPS) is 16.0. The Hall–Kier alpha value is -5.21. The maximum atomic E-state index is 14.4. The third-order valence-electron chi connectivity index (χ3n) is 8.78. The van der Waals surface area contributed by atoms with Crippen LogP contribution in [-0.2, 0) is 22.7 Å². The summed E-state index contributed by atoms with van der Waals surface area (Å²) in [6.07, 6.45) is -0.409. The molecule has 49 heavy (non-hydrogen) atoms. The minimum Gasteiger partial charge on any atom is -0.489 e. The minimum atomic E-state index is -0.746. The largest absolute Gasteiger partial charge is 0.489 e. The van der Waals surface area contributed by atoms with Gasteiger partial charge in [0, 0.05) is 41.9 Å². The number of rotatable bonds is 13. The molecule has 2 heterocycles. The van der Waals surface area contributed by atoms with Crippen molar-refractivity contribution in [2.45, 2.75) is 64.4 Å². The molecule has 1 aliphatic heterocycles. The number of hydrogen-bond donors (Lipinski definition) is 2. The number of nitrogens with one attached hydrogen (secondary N) is 1. The Morgan fingerprint density at radius 2 is 1.61 bits per heavy atom. The quantitative estimate of drug-likeness (QED) is 0.0974. The number of carbonyl (C=O) groups is 2. The van der Waals surface area contributed by atoms with E-state index in [9.17, 15) is 19.1 Å². The first-order valence-electron chi connectivity index (χ1n) is 16.8. The van der Waals surface area contributed by atoms with Crippen molar-refractivity contribution in [2.24, 2.45) is 0 Å². The van der Waals surface area contributed by atoms with E-state index >= 15 is 0 Å². The van der Waals surface area contributed by atoms with E-state index in [4.69, 9.17) is 9.47 Å². The fourth-order valence-electron chi connectivity index (χ4n) is 6.54. The van der Waals surface area contributed by atoms with Crippen molar-refractivity contribution in [3.63, 3.8) is 0 Å². The van der Waals surface area contributed by atoms with Crippen molar-refractivity contribution < 1.29 is 28.6 Å². The molecule has 0 aliphatic carbocycles. The highest BCUT2D eigenvalue weighted by atomic mass is 19.1. The van der Waals surface area contributed by atoms with Gasteiger partial charge in [-0.3, -0.25) is 9.59 Å². The number of aliphatic hydroxyl groups is 1. The van der Waals surface area contributed by atoms with Crippen molar-refractivity contribution in [1.82, 2.24) is 4.57 Å². The lowest BCUT2D eigenvalue weighted by Crippen LogP contribution is -2.33. The van der Waals surface area contributed by atoms with E-state index < -0.39 is 18.2 Å². The number of aliphatic hydroxyl groups excluding tert-OH is 1. The van der Waals surface area contributed by atoms with E-state index in [1.54, 1.807) is 12.1 Å². The summed E-state index contributed by atoms with van der Waals surface area (Å²) in [7, 11) is 0. The molecule has 0 saturated carbocycles. The predicted molar refractivity (Wildman–Crippen MR) is 189 cm³/mol. The molecule has 5 aromatic rings. The first kappa shape index (κ1) is 33.7. The van der Waals surface area contributed by atoms with E-state index in [1.807, 2.05) is 84.9 Å². The van der Waals surface area contributed by atoms with Gasteiger partial charge in [0.2, 0.25) is 0 Å². The van der Waals surface area contributed by atoms with Crippen LogP contribution in [0.15, 0.2) is 109 Å². The summed E-state index contributed by atoms with van der Waals surface area (Å²) in [5.74, 6) is -0.190. The lowest BCUT2D eigenvalue weighted by Gasteiger charge is -2.27. The number of halogens is 1. The van der Waals surface area contributed by atoms with Gasteiger partial charge in [-0.2, -0.15) is 0 Å². The number of ether oxygens (including phenoxy) is 2. The predicted octanol–water partition coefficient (Wildman–Crippen LogP) is 8.42. The molecule has 0 radical (unpaired) electrons. The number of cyclic esters (lactones) is 1. The Labute approximate surface area is 286 Å². The van der Waals surface area contributed by atoms with E-state index in [0.717, 1.165) is 45.1 Å². The molecule has 1 saturated heterocycles. The molecular weight excluding hydrogens is 619 g/mol. The summed E-state index contributed by atoms with van der Waals surface area (Å²) >= 11 is 0. The molecular formula is C41H41FN2O5. The van der Waals surface area contributed by atoms with Crippen LogP contribution in [0, 0.1) is 5.82 Å². The number of ketones is 1. The molecule has 6 rings (SSSR count). The Morgan fingerprint density at radius 1 is 0.939 bits per heavy atom. The lowest BCUT2D eigenvalue weighted by molar-refractivity contribution is -0.160. The summed E-state index contributed by atoms with van der Waals surface area (Å²) in [5.41, 5.74) is 6.49. The number of aromatic nitrogens is 1. The monoisotopic (exact) mass is 660 g/mol. The van der Waals surface area contributed by atoms with Crippen LogP contribution in [0.3, 0.4) is 0 Å². The van der Waals surface area contributed by atoms with Gasteiger partial charge in [0.25, 0.3) is 0 Å². The summed E-state index contributed by atoms with van der Waals surface area (Å²) in [6, 6.07) is 33.6. The second-order valence-corrected chi connectivity index (χ2v) is 12.7. The molecule has 252 valence electrons. The Kier molecular flexibility index (Phi) is 10.5. The maximum absolute atomic E-state index is 14.4. The Morgan fingerprint density at radius 3 is 2.27 bits per heavy atom. The summed E-state index contributed by atoms with van der Waals surface area (Å²) < 4.78 is 27.8. The molecule has 2 N–H and O–H groups in total. The number of esters is 1. The zero-order valence-corrected chi connectivity index (χ0v) is 27.8. The number of anilines is 1. The number of hydrogen-bond acceptors (Lipinski definition) is 6. The van der Waals surface area contributed by atoms with Gasteiger partial charge in [0.05, 0.1) is 24.8 Å². The SMILES string of the molecule is CC(C)c1c(C(=O)CNc2ccc(OCc3ccccc3)cc2)c(-c2ccccc2)c(-c2ccc(F)cc2)n1CCC1C[C@@H](O)CC(=O)O1. The number of nitrogens with zero attached hydrogens (tertiary/aromatic N) is 1. The van der Waals surface area contributed by atoms with Crippen molar-refractivity contribution in [3.8, 4) is 28.1 Å². The van der Waals surface area contributed by atoms with Crippen LogP contribution < -0.4 is 10.1 Å². The molecule has 1 aliphatic rings. The van der Waals surface area contributed by atoms with Crippen LogP contribution in [0.1, 0.15) is 60.6 Å². The van der Waals surface area contributed by atoms with Crippen molar-refractivity contribution >= 4 is 17.4 Å². The zero-order chi connectivity index (χ0) is 34.3. The van der Waals surface area contributed by atoms with Gasteiger partial charge < -0.3 is 24.5 Å². The van der Waals surface area contributed by atoms with Crippen molar-refractivity contribution in [3.05, 3.63) is 132 Å². The van der Waals surface area contributed by atoms with E-state index in [-0.39, 0.29) is 30.5 Å². The average molecular weight is 661 g/mol. The summed E-state index contributed by atoms with van der Waals surface area (Å²) in [5, 5.41) is 13.6. The molecule has 7 nitrogen and oxygen atoms in total. The van der Waals surface area contributed by atoms with E-state index in [0.29, 0.717) is 31.6 Å². The van der Waals surface area contributed by atoms with Crippen molar-refractivity contribution in [1.29, 1.82) is 0 Å². The van der Waals surface area contributed by atoms with Crippen LogP contribution in [0.25, 0.3) is 22.4 Å². The standard InChI is InChI=1S/C41H41FN2O5/c1-27(2)40-39(36(46)25-43-32-17-19-34(20-18-32)48-26-28-9-5-3-6-10-28)38(29-11-7-4-8-12-29)41(30-13-15-31(42)16-14-30)44(40)22-21-35-23-33(45)24-37(47)49-35/h3-20,27,33,35,43,45H,21-26H2,1-2H3/t33-,35?/m1/s1. The number of benzene rings is 4. The molecule has 0 bridgehead atoms. The molecule has 4 aromatic carbocycles. The summed E-state index contributed by atoms with van der Waals surface area (Å²) in [6.45, 7) is 5.04. The fraction of sp³-hybridized carbons (Fsp3) is 0.268. The fourth-order valence-corrected chi connectivity index (χ4v) is 6.54. The van der Waals surface area contributed by atoms with Crippen LogP contribution in [0.5, 0.6) is 5.75 Å². The Balaban J connectivity index is 1.34. The summed E-state index contributed by atoms with van der Waals surface area (Å²) in [4.78, 5) is 26.6. The van der Waals surface area contributed by atoms with Gasteiger partial charge in [-0.05, 0) is 71.1 Å². The first-order valence-corrected chi connectivity index (χ1v) is 16.8. The second kappa shape index (κ2) is 15.3. The van der Waals surface area contributed by atoms with E-state index in [1.165, 1.54) is 12.1 Å². The molecule has 1 unspecified atom stereocenters. The van der Waals surface area contributed by atoms with Gasteiger partial charge in [-0.15, -0.1) is 0 Å². The molecule has 1 aromatic heterocycles. The molecule has 2 atom stereocenters. The molecule has 0 spiro atoms. The molecule has 8 heteroatoms. The van der Waals surface area contributed by atoms with Gasteiger partial charge in [-0.1, -0.05) is 74.5 Å². The Bertz CT molecular complexity index is 1870. The van der Waals surface area contributed by atoms with Crippen LogP contribution >= 0.6 is 0 Å². The average Bonchev–Trinajstić information content (AvgIpc) is 3.45. The second-order valence-electron chi connectivity index (χ2n) is 12.7. The van der Waals surface area contributed by atoms with Crippen LogP contribution in [0.2, 0.25) is 0 Å². The maximum Gasteiger partial charge on any atom is 0.308 e. The van der Waals surface area contributed by atoms with Crippen molar-refractivity contribution in [2.75, 3.05) is 11.9 Å². The zero-order valence-electron chi connectivity index (χ0n) is 27.8. The lowest BCUT2D eigenvalue weighted by atomic mass is 9.92. The smallest absolute Gasteiger partial charge is 0.308 e. The van der Waals surface area contributed by atoms with Gasteiger partial charge in [0.1, 0.15) is 24.3 Å². The van der Waals surface area contributed by atoms with Gasteiger partial charge in [0.15, 0.2) is 5.78 Å². The van der Waals surface area contributed by atoms with Gasteiger partial charge in [-0.25, -0.2) is 4.39 Å². The third kappa shape index (κ3) is 8.09. The topological polar surface area (TPSA) is 89.8 Å². The third-order valence-corrected chi connectivity index (χ3v) is 8.78. The molecule has 0 amide bonds. The minimum absolute atomic E-state index is 0.00859. The highest BCUT2D eigenvalue weighted by Gasteiger charge is 2.32. The van der Waals surface area contributed by atoms with Crippen LogP contribution in [-0.4, -0.2) is 40.2 Å². The van der Waals surface area contributed by atoms with E-state index in [2.05, 4.69) is 23.7 Å². The number of Topliss-reactive ketones (excluding diaryl/α,β-unsaturated/α-hetero) is 1. The first-order chi connectivity index (χ1) is 23.8. The molecule has 1 fully saturated rings. The highest BCUT2D eigenvalue weighted by molar-refractivity contribution is 6.09. The highest BCUT2D eigenvalue weighted by Crippen LogP contribution is 2.43. The van der Waals surface area contributed by atoms with Gasteiger partial charge >= 0.3 is 5.97 Å². The number of carbonyl (C=O) groups excluding carboxylic acids is 2.